The van der Waals surface area contributed by atoms with E-state index in [9.17, 15) is 19.5 Å². The normalized spacial score (nSPS) is 31.2. The molecule has 3 fully saturated rings. The number of benzene rings is 1. The standard InChI is InChI=1S/C33H44N4O6S/c1-4-43-24-10-8-23(9-11-24)36-14-5-7-26-27(30(36)39)28-31(40)37(25(21-38)22(2)3)29-32(41)35(13-6-12-33(28,29)44-26)16-15-34-17-19-42-20-18-34/h5-12,22,25-29,38H,4,13-21H2,1-3H3/t25-,26-,27+,28-,29?,33-/m0/s1. The SMILES string of the molecule is CCOc1ccc(N2CC=C[C@@H]3S[C@]45C=CCN(CCN6CCOCC6)C(=O)C4N([C@@H](CO)C(C)C)C(=O)[C@@H]5[C@@H]3C2=O)cc1. The van der Waals surface area contributed by atoms with Crippen LogP contribution in [0, 0.1) is 17.8 Å². The van der Waals surface area contributed by atoms with E-state index in [1.165, 1.54) is 0 Å². The second-order valence-corrected chi connectivity index (χ2v) is 14.0. The van der Waals surface area contributed by atoms with E-state index in [0.717, 1.165) is 31.1 Å². The number of aliphatic hydroxyl groups is 1. The van der Waals surface area contributed by atoms with Crippen LogP contribution in [-0.4, -0.2) is 125 Å². The van der Waals surface area contributed by atoms with Crippen molar-refractivity contribution in [2.75, 3.05) is 70.6 Å². The number of amides is 3. The maximum Gasteiger partial charge on any atom is 0.247 e. The van der Waals surface area contributed by atoms with E-state index in [0.29, 0.717) is 39.5 Å². The Labute approximate surface area is 264 Å². The summed E-state index contributed by atoms with van der Waals surface area (Å²) in [4.78, 5) is 51.3. The lowest BCUT2D eigenvalue weighted by Crippen LogP contribution is -2.58. The number of ether oxygens (including phenoxy) is 2. The second kappa shape index (κ2) is 12.9. The summed E-state index contributed by atoms with van der Waals surface area (Å²) in [6.45, 7) is 11.3. The monoisotopic (exact) mass is 624 g/mol. The third kappa shape index (κ3) is 5.35. The maximum atomic E-state index is 14.7. The molecule has 6 rings (SSSR count). The summed E-state index contributed by atoms with van der Waals surface area (Å²) in [5.74, 6) is -1.16. The molecule has 3 saturated heterocycles. The van der Waals surface area contributed by atoms with Crippen molar-refractivity contribution in [3.63, 3.8) is 0 Å². The van der Waals surface area contributed by atoms with Gasteiger partial charge in [0, 0.05) is 50.2 Å². The fourth-order valence-corrected chi connectivity index (χ4v) is 9.50. The molecule has 0 aliphatic carbocycles. The van der Waals surface area contributed by atoms with Crippen molar-refractivity contribution in [3.8, 4) is 5.75 Å². The van der Waals surface area contributed by atoms with Gasteiger partial charge in [-0.1, -0.05) is 38.2 Å². The predicted molar refractivity (Wildman–Crippen MR) is 170 cm³/mol. The molecule has 5 aliphatic rings. The van der Waals surface area contributed by atoms with Crippen molar-refractivity contribution < 1.29 is 29.0 Å². The molecular weight excluding hydrogens is 580 g/mol. The van der Waals surface area contributed by atoms with Crippen molar-refractivity contribution in [2.45, 2.75) is 42.9 Å². The largest absolute Gasteiger partial charge is 0.494 e. The molecule has 5 heterocycles. The van der Waals surface area contributed by atoms with Crippen LogP contribution in [0.1, 0.15) is 20.8 Å². The molecule has 44 heavy (non-hydrogen) atoms. The van der Waals surface area contributed by atoms with Crippen LogP contribution in [0.5, 0.6) is 5.75 Å². The van der Waals surface area contributed by atoms with E-state index in [1.54, 1.807) is 21.6 Å². The fraction of sp³-hybridized carbons (Fsp3) is 0.606. The smallest absolute Gasteiger partial charge is 0.247 e. The molecule has 1 spiro atoms. The van der Waals surface area contributed by atoms with Gasteiger partial charge in [0.25, 0.3) is 0 Å². The van der Waals surface area contributed by atoms with Crippen molar-refractivity contribution in [2.24, 2.45) is 17.8 Å². The number of carbonyl (C=O) groups excluding carboxylic acids is 3. The summed E-state index contributed by atoms with van der Waals surface area (Å²) in [7, 11) is 0. The van der Waals surface area contributed by atoms with Crippen LogP contribution >= 0.6 is 11.8 Å². The highest BCUT2D eigenvalue weighted by atomic mass is 32.2. The number of anilines is 1. The summed E-state index contributed by atoms with van der Waals surface area (Å²) < 4.78 is 10.2. The average molecular weight is 625 g/mol. The average Bonchev–Trinajstić information content (AvgIpc) is 3.34. The molecule has 6 atom stereocenters. The zero-order valence-corrected chi connectivity index (χ0v) is 26.7. The number of morpholine rings is 1. The van der Waals surface area contributed by atoms with Crippen LogP contribution in [-0.2, 0) is 19.1 Å². The Morgan fingerprint density at radius 3 is 2.45 bits per heavy atom. The van der Waals surface area contributed by atoms with Gasteiger partial charge in [-0.05, 0) is 37.1 Å². The van der Waals surface area contributed by atoms with Crippen molar-refractivity contribution in [1.29, 1.82) is 0 Å². The van der Waals surface area contributed by atoms with Crippen LogP contribution in [0.25, 0.3) is 0 Å². The molecule has 0 bridgehead atoms. The Balaban J connectivity index is 1.35. The first-order chi connectivity index (χ1) is 21.3. The lowest BCUT2D eigenvalue weighted by molar-refractivity contribution is -0.146. The minimum atomic E-state index is -0.915. The fourth-order valence-electron chi connectivity index (χ4n) is 7.51. The number of hydrogen-bond acceptors (Lipinski definition) is 8. The molecule has 1 unspecified atom stereocenters. The number of nitrogens with zero attached hydrogens (tertiary/aromatic N) is 4. The summed E-state index contributed by atoms with van der Waals surface area (Å²) >= 11 is 1.57. The maximum absolute atomic E-state index is 14.7. The van der Waals surface area contributed by atoms with Crippen molar-refractivity contribution in [3.05, 3.63) is 48.6 Å². The molecule has 0 aromatic heterocycles. The van der Waals surface area contributed by atoms with Crippen LogP contribution in [0.15, 0.2) is 48.6 Å². The summed E-state index contributed by atoms with van der Waals surface area (Å²) in [6, 6.07) is 6.12. The van der Waals surface area contributed by atoms with Crippen LogP contribution in [0.4, 0.5) is 5.69 Å². The van der Waals surface area contributed by atoms with Crippen LogP contribution in [0.3, 0.4) is 0 Å². The van der Waals surface area contributed by atoms with E-state index >= 15 is 0 Å². The topological polar surface area (TPSA) is 103 Å². The molecule has 1 N–H and O–H groups in total. The number of aliphatic hydroxyl groups excluding tert-OH is 1. The van der Waals surface area contributed by atoms with E-state index < -0.39 is 28.7 Å². The van der Waals surface area contributed by atoms with Gasteiger partial charge in [-0.2, -0.15) is 0 Å². The molecular formula is C33H44N4O6S. The van der Waals surface area contributed by atoms with Gasteiger partial charge in [-0.3, -0.25) is 19.3 Å². The summed E-state index contributed by atoms with van der Waals surface area (Å²) in [6.07, 6.45) is 8.11. The lowest BCUT2D eigenvalue weighted by Gasteiger charge is -2.40. The third-order valence-electron chi connectivity index (χ3n) is 9.74. The predicted octanol–water partition coefficient (Wildman–Crippen LogP) is 2.03. The first-order valence-electron chi connectivity index (χ1n) is 15.9. The number of carbonyl (C=O) groups is 3. The zero-order valence-electron chi connectivity index (χ0n) is 25.8. The lowest BCUT2D eigenvalue weighted by atomic mass is 9.78. The van der Waals surface area contributed by atoms with Gasteiger partial charge in [-0.15, -0.1) is 11.8 Å². The van der Waals surface area contributed by atoms with Gasteiger partial charge in [0.15, 0.2) is 0 Å². The van der Waals surface area contributed by atoms with Gasteiger partial charge in [0.1, 0.15) is 11.8 Å². The van der Waals surface area contributed by atoms with Crippen LogP contribution in [0.2, 0.25) is 0 Å². The van der Waals surface area contributed by atoms with E-state index in [-0.39, 0.29) is 35.5 Å². The Kier molecular flexibility index (Phi) is 9.10. The first-order valence-corrected chi connectivity index (χ1v) is 16.8. The highest BCUT2D eigenvalue weighted by molar-refractivity contribution is 8.02. The van der Waals surface area contributed by atoms with Gasteiger partial charge < -0.3 is 29.3 Å². The Morgan fingerprint density at radius 1 is 1.02 bits per heavy atom. The highest BCUT2D eigenvalue weighted by Crippen LogP contribution is 2.61. The van der Waals surface area contributed by atoms with E-state index in [4.69, 9.17) is 9.47 Å². The Bertz CT molecular complexity index is 1300. The molecule has 1 aromatic carbocycles. The van der Waals surface area contributed by atoms with Crippen molar-refractivity contribution >= 4 is 35.2 Å². The minimum Gasteiger partial charge on any atom is -0.494 e. The third-order valence-corrected chi connectivity index (χ3v) is 11.5. The number of thioether (sulfide) groups is 1. The minimum absolute atomic E-state index is 0.0764. The number of fused-ring (bicyclic) bond motifs is 2. The van der Waals surface area contributed by atoms with Crippen LogP contribution < -0.4 is 9.64 Å². The Morgan fingerprint density at radius 2 is 1.77 bits per heavy atom. The van der Waals surface area contributed by atoms with Gasteiger partial charge in [-0.25, -0.2) is 0 Å². The summed E-state index contributed by atoms with van der Waals surface area (Å²) in [5, 5.41) is 10.3. The van der Waals surface area contributed by atoms with Gasteiger partial charge in [0.05, 0.1) is 49.1 Å². The first kappa shape index (κ1) is 31.1. The van der Waals surface area contributed by atoms with E-state index in [1.807, 2.05) is 68.2 Å². The molecule has 10 nitrogen and oxygen atoms in total. The van der Waals surface area contributed by atoms with E-state index in [2.05, 4.69) is 11.0 Å². The Hall–Kier alpha value is -2.86. The molecule has 238 valence electrons. The van der Waals surface area contributed by atoms with Gasteiger partial charge in [0.2, 0.25) is 17.7 Å². The molecule has 11 heteroatoms. The molecule has 1 aromatic rings. The quantitative estimate of drug-likeness (QED) is 0.417. The highest BCUT2D eigenvalue weighted by Gasteiger charge is 2.71. The molecule has 3 amide bonds. The number of hydrogen-bond donors (Lipinski definition) is 1. The van der Waals surface area contributed by atoms with Crippen molar-refractivity contribution in [1.82, 2.24) is 14.7 Å². The molecule has 0 radical (unpaired) electrons. The molecule has 0 saturated carbocycles. The zero-order chi connectivity index (χ0) is 31.0. The number of rotatable bonds is 9. The van der Waals surface area contributed by atoms with Gasteiger partial charge >= 0.3 is 0 Å². The number of likely N-dealkylation sites (tertiary alicyclic amines) is 1. The second-order valence-electron chi connectivity index (χ2n) is 12.5. The molecule has 5 aliphatic heterocycles. The summed E-state index contributed by atoms with van der Waals surface area (Å²) in [5.41, 5.74) is 0.741.